The van der Waals surface area contributed by atoms with E-state index in [-0.39, 0.29) is 11.7 Å². The van der Waals surface area contributed by atoms with Crippen molar-refractivity contribution in [1.82, 2.24) is 15.5 Å². The second-order valence-corrected chi connectivity index (χ2v) is 7.22. The zero-order chi connectivity index (χ0) is 21.3. The number of carbonyl (C=O) groups excluding carboxylic acids is 1. The van der Waals surface area contributed by atoms with Crippen LogP contribution in [0, 0.1) is 0 Å². The van der Waals surface area contributed by atoms with Crippen LogP contribution in [0.4, 0.5) is 0 Å². The summed E-state index contributed by atoms with van der Waals surface area (Å²) >= 11 is 1.33. The Hall–Kier alpha value is -3.26. The lowest BCUT2D eigenvalue weighted by molar-refractivity contribution is -0.118. The minimum Gasteiger partial charge on any atom is -0.493 e. The van der Waals surface area contributed by atoms with Crippen molar-refractivity contribution in [2.24, 2.45) is 0 Å². The fraction of sp³-hybridized carbons (Fsp3) is 0.227. The average Bonchev–Trinajstić information content (AvgIpc) is 2.81. The maximum Gasteiger partial charge on any atom is 0.230 e. The van der Waals surface area contributed by atoms with Gasteiger partial charge in [-0.2, -0.15) is 0 Å². The molecule has 3 aromatic rings. The monoisotopic (exact) mass is 425 g/mol. The molecule has 1 amide bonds. The van der Waals surface area contributed by atoms with Crippen molar-refractivity contribution in [2.75, 3.05) is 27.1 Å². The van der Waals surface area contributed by atoms with Gasteiger partial charge in [-0.25, -0.2) is 0 Å². The van der Waals surface area contributed by atoms with Crippen molar-refractivity contribution >= 4 is 17.7 Å². The van der Waals surface area contributed by atoms with Crippen molar-refractivity contribution in [3.63, 3.8) is 0 Å². The Bertz CT molecular complexity index is 956. The zero-order valence-corrected chi connectivity index (χ0v) is 17.9. The molecule has 0 aliphatic carbocycles. The molecule has 1 heterocycles. The molecule has 0 saturated carbocycles. The Balaban J connectivity index is 1.61. The van der Waals surface area contributed by atoms with Crippen LogP contribution >= 0.6 is 11.8 Å². The number of ether oxygens (including phenoxy) is 3. The number of nitrogens with zero attached hydrogens (tertiary/aromatic N) is 2. The third-order valence-corrected chi connectivity index (χ3v) is 5.20. The average molecular weight is 426 g/mol. The lowest BCUT2D eigenvalue weighted by atomic mass is 10.1. The van der Waals surface area contributed by atoms with E-state index in [1.54, 1.807) is 21.3 Å². The first-order valence-corrected chi connectivity index (χ1v) is 10.2. The largest absolute Gasteiger partial charge is 0.493 e. The van der Waals surface area contributed by atoms with Crippen LogP contribution in [-0.4, -0.2) is 43.2 Å². The third kappa shape index (κ3) is 5.42. The third-order valence-electron chi connectivity index (χ3n) is 4.28. The summed E-state index contributed by atoms with van der Waals surface area (Å²) in [5, 5.41) is 12.1. The first-order valence-electron chi connectivity index (χ1n) is 9.22. The predicted octanol–water partition coefficient (Wildman–Crippen LogP) is 3.58. The number of aromatic nitrogens is 2. The molecule has 0 aliphatic rings. The van der Waals surface area contributed by atoms with E-state index >= 15 is 0 Å². The highest BCUT2D eigenvalue weighted by Crippen LogP contribution is 2.40. The van der Waals surface area contributed by atoms with Crippen LogP contribution in [0.5, 0.6) is 17.2 Å². The molecule has 156 valence electrons. The van der Waals surface area contributed by atoms with Gasteiger partial charge in [0, 0.05) is 12.1 Å². The summed E-state index contributed by atoms with van der Waals surface area (Å²) in [5.41, 5.74) is 2.51. The van der Waals surface area contributed by atoms with Crippen LogP contribution in [0.1, 0.15) is 5.56 Å². The van der Waals surface area contributed by atoms with Gasteiger partial charge in [0.15, 0.2) is 11.5 Å². The van der Waals surface area contributed by atoms with E-state index in [2.05, 4.69) is 15.5 Å². The molecule has 0 saturated heterocycles. The quantitative estimate of drug-likeness (QED) is 0.525. The summed E-state index contributed by atoms with van der Waals surface area (Å²) in [7, 11) is 4.69. The number of nitrogens with one attached hydrogen (secondary N) is 1. The Morgan fingerprint density at radius 1 is 0.933 bits per heavy atom. The number of carbonyl (C=O) groups is 1. The van der Waals surface area contributed by atoms with Crippen LogP contribution < -0.4 is 19.5 Å². The van der Waals surface area contributed by atoms with E-state index in [0.29, 0.717) is 34.5 Å². The van der Waals surface area contributed by atoms with Crippen LogP contribution in [0.3, 0.4) is 0 Å². The van der Waals surface area contributed by atoms with Gasteiger partial charge in [0.1, 0.15) is 5.03 Å². The summed E-state index contributed by atoms with van der Waals surface area (Å²) < 4.78 is 16.1. The van der Waals surface area contributed by atoms with Crippen LogP contribution in [0.25, 0.3) is 11.3 Å². The van der Waals surface area contributed by atoms with Crippen LogP contribution in [0.2, 0.25) is 0 Å². The smallest absolute Gasteiger partial charge is 0.230 e. The lowest BCUT2D eigenvalue weighted by Crippen LogP contribution is -2.24. The van der Waals surface area contributed by atoms with Gasteiger partial charge >= 0.3 is 0 Å². The SMILES string of the molecule is COc1cc(-c2ccc(SCC(=O)NCc3ccccc3)nn2)cc(OC)c1OC. The normalized spacial score (nSPS) is 10.4. The molecule has 0 bridgehead atoms. The fourth-order valence-corrected chi connectivity index (χ4v) is 3.41. The topological polar surface area (TPSA) is 82.6 Å². The fourth-order valence-electron chi connectivity index (χ4n) is 2.77. The molecule has 0 radical (unpaired) electrons. The molecule has 0 atom stereocenters. The lowest BCUT2D eigenvalue weighted by Gasteiger charge is -2.13. The summed E-state index contributed by atoms with van der Waals surface area (Å²) in [6.07, 6.45) is 0. The number of benzene rings is 2. The first kappa shape index (κ1) is 21.4. The molecule has 8 heteroatoms. The van der Waals surface area contributed by atoms with Crippen molar-refractivity contribution in [3.8, 4) is 28.5 Å². The molecule has 3 rings (SSSR count). The molecular formula is C22H23N3O4S. The van der Waals surface area contributed by atoms with Gasteiger partial charge in [-0.15, -0.1) is 10.2 Å². The molecule has 7 nitrogen and oxygen atoms in total. The van der Waals surface area contributed by atoms with Gasteiger partial charge in [0.2, 0.25) is 11.7 Å². The molecule has 0 fully saturated rings. The number of thioether (sulfide) groups is 1. The summed E-state index contributed by atoms with van der Waals surface area (Å²) in [6, 6.07) is 17.1. The first-order chi connectivity index (χ1) is 14.6. The minimum absolute atomic E-state index is 0.0562. The van der Waals surface area contributed by atoms with Gasteiger partial charge in [-0.3, -0.25) is 4.79 Å². The molecule has 0 spiro atoms. The molecule has 30 heavy (non-hydrogen) atoms. The second-order valence-electron chi connectivity index (χ2n) is 6.22. The minimum atomic E-state index is -0.0562. The Labute approximate surface area is 179 Å². The van der Waals surface area contributed by atoms with E-state index in [4.69, 9.17) is 14.2 Å². The molecule has 0 unspecified atom stereocenters. The Kier molecular flexibility index (Phi) is 7.51. The number of rotatable bonds is 9. The zero-order valence-electron chi connectivity index (χ0n) is 17.0. The van der Waals surface area contributed by atoms with E-state index in [0.717, 1.165) is 11.1 Å². The highest BCUT2D eigenvalue weighted by atomic mass is 32.2. The maximum atomic E-state index is 12.1. The van der Waals surface area contributed by atoms with E-state index in [1.165, 1.54) is 11.8 Å². The van der Waals surface area contributed by atoms with Gasteiger partial charge < -0.3 is 19.5 Å². The second kappa shape index (κ2) is 10.5. The van der Waals surface area contributed by atoms with Crippen molar-refractivity contribution in [3.05, 3.63) is 60.2 Å². The molecular weight excluding hydrogens is 402 g/mol. The molecule has 1 N–H and O–H groups in total. The number of methoxy groups -OCH3 is 3. The summed E-state index contributed by atoms with van der Waals surface area (Å²) in [4.78, 5) is 12.1. The van der Waals surface area contributed by atoms with Crippen LogP contribution in [-0.2, 0) is 11.3 Å². The van der Waals surface area contributed by atoms with Crippen molar-refractivity contribution in [1.29, 1.82) is 0 Å². The summed E-state index contributed by atoms with van der Waals surface area (Å²) in [5.74, 6) is 1.82. The molecule has 1 aromatic heterocycles. The highest BCUT2D eigenvalue weighted by Gasteiger charge is 2.15. The van der Waals surface area contributed by atoms with E-state index < -0.39 is 0 Å². The van der Waals surface area contributed by atoms with Crippen LogP contribution in [0.15, 0.2) is 59.6 Å². The number of amides is 1. The van der Waals surface area contributed by atoms with E-state index in [1.807, 2.05) is 54.6 Å². The van der Waals surface area contributed by atoms with Gasteiger partial charge in [-0.1, -0.05) is 42.1 Å². The van der Waals surface area contributed by atoms with Crippen molar-refractivity contribution < 1.29 is 19.0 Å². The Morgan fingerprint density at radius 2 is 1.63 bits per heavy atom. The van der Waals surface area contributed by atoms with Gasteiger partial charge in [-0.05, 0) is 29.8 Å². The molecule has 0 aliphatic heterocycles. The van der Waals surface area contributed by atoms with Crippen molar-refractivity contribution in [2.45, 2.75) is 11.6 Å². The highest BCUT2D eigenvalue weighted by molar-refractivity contribution is 7.99. The Morgan fingerprint density at radius 3 is 2.20 bits per heavy atom. The number of hydrogen-bond donors (Lipinski definition) is 1. The standard InChI is InChI=1S/C22H23N3O4S/c1-27-18-11-16(12-19(28-2)22(18)29-3)17-9-10-21(25-24-17)30-14-20(26)23-13-15-7-5-4-6-8-15/h4-12H,13-14H2,1-3H3,(H,23,26). The maximum absolute atomic E-state index is 12.1. The van der Waals surface area contributed by atoms with E-state index in [9.17, 15) is 4.79 Å². The van der Waals surface area contributed by atoms with Gasteiger partial charge in [0.05, 0.1) is 32.8 Å². The number of hydrogen-bond acceptors (Lipinski definition) is 7. The molecule has 2 aromatic carbocycles. The summed E-state index contributed by atoms with van der Waals surface area (Å²) in [6.45, 7) is 0.506. The predicted molar refractivity (Wildman–Crippen MR) is 116 cm³/mol. The van der Waals surface area contributed by atoms with Gasteiger partial charge in [0.25, 0.3) is 0 Å².